The summed E-state index contributed by atoms with van der Waals surface area (Å²) in [6.45, 7) is 15.2. The van der Waals surface area contributed by atoms with Crippen LogP contribution in [0.5, 0.6) is 0 Å². The van der Waals surface area contributed by atoms with Gasteiger partial charge in [0.15, 0.2) is 0 Å². The molecular formula is C24H46O. The third-order valence-electron chi connectivity index (χ3n) is 5.35. The zero-order valence-electron chi connectivity index (χ0n) is 18.2. The number of rotatable bonds is 16. The second-order valence-corrected chi connectivity index (χ2v) is 7.90. The largest absolute Gasteiger partial charge is 0.373 e. The fraction of sp³-hybridized carbons (Fsp3) is 0.833. The van der Waals surface area contributed by atoms with Crippen LogP contribution in [-0.4, -0.2) is 13.2 Å². The van der Waals surface area contributed by atoms with Crippen molar-refractivity contribution in [3.05, 3.63) is 23.3 Å². The first kappa shape index (κ1) is 24.4. The van der Waals surface area contributed by atoms with Gasteiger partial charge in [-0.1, -0.05) is 102 Å². The van der Waals surface area contributed by atoms with Crippen LogP contribution in [0.15, 0.2) is 23.3 Å². The van der Waals surface area contributed by atoms with Gasteiger partial charge in [-0.05, 0) is 38.5 Å². The number of hydrogen-bond acceptors (Lipinski definition) is 1. The molecule has 0 saturated heterocycles. The van der Waals surface area contributed by atoms with Crippen LogP contribution in [0.3, 0.4) is 0 Å². The summed E-state index contributed by atoms with van der Waals surface area (Å²) in [5.41, 5.74) is 2.77. The van der Waals surface area contributed by atoms with Crippen molar-refractivity contribution < 1.29 is 4.74 Å². The molecule has 1 nitrogen and oxygen atoms in total. The van der Waals surface area contributed by atoms with Crippen LogP contribution in [0.1, 0.15) is 106 Å². The summed E-state index contributed by atoms with van der Waals surface area (Å²) in [7, 11) is 0. The van der Waals surface area contributed by atoms with E-state index in [0.717, 1.165) is 25.0 Å². The summed E-state index contributed by atoms with van der Waals surface area (Å²) >= 11 is 0. The molecule has 2 unspecified atom stereocenters. The molecule has 0 aromatic heterocycles. The fourth-order valence-corrected chi connectivity index (χ4v) is 3.19. The normalized spacial score (nSPS) is 15.4. The number of ether oxygens (including phenoxy) is 1. The third-order valence-corrected chi connectivity index (χ3v) is 5.35. The van der Waals surface area contributed by atoms with E-state index in [4.69, 9.17) is 4.74 Å². The van der Waals surface area contributed by atoms with Crippen LogP contribution < -0.4 is 0 Å². The summed E-state index contributed by atoms with van der Waals surface area (Å²) in [6.07, 6.45) is 17.9. The van der Waals surface area contributed by atoms with Gasteiger partial charge >= 0.3 is 0 Å². The molecule has 2 atom stereocenters. The molecule has 0 aromatic carbocycles. The van der Waals surface area contributed by atoms with Crippen LogP contribution in [0, 0.1) is 11.8 Å². The summed E-state index contributed by atoms with van der Waals surface area (Å²) < 4.78 is 5.91. The lowest BCUT2D eigenvalue weighted by molar-refractivity contribution is 0.179. The van der Waals surface area contributed by atoms with Gasteiger partial charge in [-0.3, -0.25) is 0 Å². The summed E-state index contributed by atoms with van der Waals surface area (Å²) in [4.78, 5) is 0. The van der Waals surface area contributed by atoms with Gasteiger partial charge in [0.1, 0.15) is 0 Å². The van der Waals surface area contributed by atoms with Gasteiger partial charge in [0.2, 0.25) is 0 Å². The van der Waals surface area contributed by atoms with E-state index >= 15 is 0 Å². The van der Waals surface area contributed by atoms with Crippen LogP contribution in [0.25, 0.3) is 0 Å². The van der Waals surface area contributed by atoms with Gasteiger partial charge < -0.3 is 4.74 Å². The van der Waals surface area contributed by atoms with E-state index in [0.29, 0.717) is 0 Å². The highest BCUT2D eigenvalue weighted by Gasteiger charge is 2.05. The van der Waals surface area contributed by atoms with E-state index in [1.807, 2.05) is 0 Å². The van der Waals surface area contributed by atoms with Gasteiger partial charge in [-0.25, -0.2) is 0 Å². The Bertz CT molecular complexity index is 319. The molecule has 0 aliphatic rings. The second-order valence-electron chi connectivity index (χ2n) is 7.90. The number of allylic oxidation sites excluding steroid dienone is 2. The van der Waals surface area contributed by atoms with E-state index < -0.39 is 0 Å². The average Bonchev–Trinajstić information content (AvgIpc) is 2.62. The highest BCUT2D eigenvalue weighted by molar-refractivity contribution is 5.02. The lowest BCUT2D eigenvalue weighted by atomic mass is 9.95. The predicted octanol–water partition coefficient (Wildman–Crippen LogP) is 8.11. The van der Waals surface area contributed by atoms with Crippen LogP contribution in [0.4, 0.5) is 0 Å². The summed E-state index contributed by atoms with van der Waals surface area (Å²) in [5.74, 6) is 1.70. The minimum absolute atomic E-state index is 0.780. The van der Waals surface area contributed by atoms with Gasteiger partial charge in [-0.15, -0.1) is 0 Å². The molecule has 0 amide bonds. The monoisotopic (exact) mass is 350 g/mol. The SMILES string of the molecule is CCCCC(CC)CC=C(C)COCC(C)=CCC(CC)CCCC. The molecule has 0 aliphatic carbocycles. The first-order valence-electron chi connectivity index (χ1n) is 11.0. The molecule has 0 spiro atoms. The van der Waals surface area contributed by atoms with Crippen molar-refractivity contribution in [2.24, 2.45) is 11.8 Å². The van der Waals surface area contributed by atoms with E-state index in [9.17, 15) is 0 Å². The Balaban J connectivity index is 4.05. The molecule has 0 heterocycles. The van der Waals surface area contributed by atoms with Gasteiger partial charge in [0.25, 0.3) is 0 Å². The van der Waals surface area contributed by atoms with E-state index in [2.05, 4.69) is 53.7 Å². The molecule has 25 heavy (non-hydrogen) atoms. The minimum Gasteiger partial charge on any atom is -0.373 e. The molecule has 0 saturated carbocycles. The Hall–Kier alpha value is -0.560. The molecule has 0 rings (SSSR count). The van der Waals surface area contributed by atoms with Crippen LogP contribution in [-0.2, 0) is 4.74 Å². The second kappa shape index (κ2) is 16.9. The topological polar surface area (TPSA) is 9.23 Å². The quantitative estimate of drug-likeness (QED) is 0.255. The Labute approximate surface area is 159 Å². The Kier molecular flexibility index (Phi) is 16.5. The van der Waals surface area contributed by atoms with Crippen molar-refractivity contribution in [2.45, 2.75) is 106 Å². The average molecular weight is 351 g/mol. The lowest BCUT2D eigenvalue weighted by Gasteiger charge is -2.13. The molecule has 1 heteroatoms. The van der Waals surface area contributed by atoms with Crippen molar-refractivity contribution >= 4 is 0 Å². The zero-order chi connectivity index (χ0) is 18.9. The molecule has 0 bridgehead atoms. The Morgan fingerprint density at radius 2 is 1.12 bits per heavy atom. The molecule has 0 N–H and O–H groups in total. The predicted molar refractivity (Wildman–Crippen MR) is 114 cm³/mol. The summed E-state index contributed by atoms with van der Waals surface area (Å²) in [5, 5.41) is 0. The molecule has 0 aliphatic heterocycles. The molecular weight excluding hydrogens is 304 g/mol. The maximum Gasteiger partial charge on any atom is 0.0678 e. The van der Waals surface area contributed by atoms with E-state index in [-0.39, 0.29) is 0 Å². The minimum atomic E-state index is 0.780. The fourth-order valence-electron chi connectivity index (χ4n) is 3.19. The molecule has 0 fully saturated rings. The first-order chi connectivity index (χ1) is 12.1. The zero-order valence-corrected chi connectivity index (χ0v) is 18.2. The van der Waals surface area contributed by atoms with Crippen molar-refractivity contribution in [1.29, 1.82) is 0 Å². The number of hydrogen-bond donors (Lipinski definition) is 0. The van der Waals surface area contributed by atoms with Gasteiger partial charge in [0.05, 0.1) is 13.2 Å². The molecule has 148 valence electrons. The summed E-state index contributed by atoms with van der Waals surface area (Å²) in [6, 6.07) is 0. The first-order valence-corrected chi connectivity index (χ1v) is 11.0. The van der Waals surface area contributed by atoms with Crippen molar-refractivity contribution in [3.63, 3.8) is 0 Å². The van der Waals surface area contributed by atoms with Gasteiger partial charge in [-0.2, -0.15) is 0 Å². The van der Waals surface area contributed by atoms with Crippen LogP contribution >= 0.6 is 0 Å². The Morgan fingerprint density at radius 3 is 1.44 bits per heavy atom. The van der Waals surface area contributed by atoms with Crippen molar-refractivity contribution in [3.8, 4) is 0 Å². The van der Waals surface area contributed by atoms with Crippen LogP contribution in [0.2, 0.25) is 0 Å². The maximum absolute atomic E-state index is 5.91. The van der Waals surface area contributed by atoms with E-state index in [1.165, 1.54) is 75.4 Å². The third kappa shape index (κ3) is 14.3. The van der Waals surface area contributed by atoms with Crippen molar-refractivity contribution in [1.82, 2.24) is 0 Å². The lowest BCUT2D eigenvalue weighted by Crippen LogP contribution is -2.02. The van der Waals surface area contributed by atoms with E-state index in [1.54, 1.807) is 0 Å². The number of unbranched alkanes of at least 4 members (excludes halogenated alkanes) is 2. The Morgan fingerprint density at radius 1 is 0.720 bits per heavy atom. The standard InChI is InChI=1S/C24H46O/c1-7-11-13-23(9-3)17-15-21(5)19-25-20-22(6)16-18-24(10-4)14-12-8-2/h15-16,23-24H,7-14,17-20H2,1-6H3. The molecule has 0 aromatic rings. The smallest absolute Gasteiger partial charge is 0.0678 e. The highest BCUT2D eigenvalue weighted by atomic mass is 16.5. The highest BCUT2D eigenvalue weighted by Crippen LogP contribution is 2.19. The van der Waals surface area contributed by atoms with Gasteiger partial charge in [0, 0.05) is 0 Å². The van der Waals surface area contributed by atoms with Crippen molar-refractivity contribution in [2.75, 3.05) is 13.2 Å². The molecule has 0 radical (unpaired) electrons. The maximum atomic E-state index is 5.91.